The standard InChI is InChI=1S/C15H14N2O2/c1-3-18-14-9-16-7-6-11(14)15-17-12-8-10(2)4-5-13(12)19-15/h4-9H,3H2,1-2H3. The van der Waals surface area contributed by atoms with Crippen LogP contribution in [0.3, 0.4) is 0 Å². The highest BCUT2D eigenvalue weighted by Crippen LogP contribution is 2.31. The largest absolute Gasteiger partial charge is 0.491 e. The van der Waals surface area contributed by atoms with Crippen molar-refractivity contribution in [2.45, 2.75) is 13.8 Å². The molecule has 0 saturated heterocycles. The molecule has 3 aromatic rings. The van der Waals surface area contributed by atoms with Gasteiger partial charge in [0.05, 0.1) is 18.4 Å². The molecule has 0 fully saturated rings. The van der Waals surface area contributed by atoms with Gasteiger partial charge in [-0.3, -0.25) is 4.98 Å². The maximum absolute atomic E-state index is 5.78. The molecule has 0 aliphatic carbocycles. The molecule has 2 aromatic heterocycles. The zero-order chi connectivity index (χ0) is 13.2. The molecule has 2 heterocycles. The lowest BCUT2D eigenvalue weighted by Crippen LogP contribution is -1.94. The van der Waals surface area contributed by atoms with E-state index in [4.69, 9.17) is 9.15 Å². The first kappa shape index (κ1) is 11.7. The van der Waals surface area contributed by atoms with E-state index < -0.39 is 0 Å². The maximum atomic E-state index is 5.78. The van der Waals surface area contributed by atoms with Gasteiger partial charge in [0.25, 0.3) is 0 Å². The lowest BCUT2D eigenvalue weighted by molar-refractivity contribution is 0.339. The number of aryl methyl sites for hydroxylation is 1. The Morgan fingerprint density at radius 3 is 3.00 bits per heavy atom. The van der Waals surface area contributed by atoms with E-state index in [0.29, 0.717) is 18.2 Å². The van der Waals surface area contributed by atoms with Crippen molar-refractivity contribution in [1.29, 1.82) is 0 Å². The summed E-state index contributed by atoms with van der Waals surface area (Å²) < 4.78 is 11.3. The number of nitrogens with zero attached hydrogens (tertiary/aromatic N) is 2. The number of ether oxygens (including phenoxy) is 1. The number of oxazole rings is 1. The van der Waals surface area contributed by atoms with Crippen molar-refractivity contribution in [2.75, 3.05) is 6.61 Å². The van der Waals surface area contributed by atoms with Gasteiger partial charge in [-0.1, -0.05) is 6.07 Å². The van der Waals surface area contributed by atoms with E-state index >= 15 is 0 Å². The first-order chi connectivity index (χ1) is 9.28. The molecule has 3 rings (SSSR count). The van der Waals surface area contributed by atoms with Crippen LogP contribution in [0.15, 0.2) is 41.1 Å². The van der Waals surface area contributed by atoms with Crippen LogP contribution in [0.25, 0.3) is 22.6 Å². The Labute approximate surface area is 111 Å². The average molecular weight is 254 g/mol. The number of aromatic nitrogens is 2. The Kier molecular flexibility index (Phi) is 2.91. The molecule has 0 spiro atoms. The summed E-state index contributed by atoms with van der Waals surface area (Å²) in [5, 5.41) is 0. The molecule has 0 unspecified atom stereocenters. The molecule has 0 amide bonds. The van der Waals surface area contributed by atoms with E-state index in [0.717, 1.165) is 22.2 Å². The van der Waals surface area contributed by atoms with Crippen LogP contribution in [-0.2, 0) is 0 Å². The van der Waals surface area contributed by atoms with Gasteiger partial charge in [-0.2, -0.15) is 0 Å². The van der Waals surface area contributed by atoms with E-state index in [-0.39, 0.29) is 0 Å². The second kappa shape index (κ2) is 4.72. The van der Waals surface area contributed by atoms with Crippen LogP contribution in [0, 0.1) is 6.92 Å². The highest BCUT2D eigenvalue weighted by atomic mass is 16.5. The van der Waals surface area contributed by atoms with Crippen LogP contribution < -0.4 is 4.74 Å². The third-order valence-electron chi connectivity index (χ3n) is 2.86. The van der Waals surface area contributed by atoms with Crippen molar-refractivity contribution in [2.24, 2.45) is 0 Å². The summed E-state index contributed by atoms with van der Waals surface area (Å²) in [4.78, 5) is 8.58. The topological polar surface area (TPSA) is 48.2 Å². The van der Waals surface area contributed by atoms with Crippen LogP contribution in [0.4, 0.5) is 0 Å². The van der Waals surface area contributed by atoms with E-state index in [1.54, 1.807) is 12.4 Å². The van der Waals surface area contributed by atoms with Gasteiger partial charge in [0, 0.05) is 6.20 Å². The zero-order valence-electron chi connectivity index (χ0n) is 10.9. The van der Waals surface area contributed by atoms with Crippen molar-refractivity contribution < 1.29 is 9.15 Å². The Morgan fingerprint density at radius 1 is 1.26 bits per heavy atom. The minimum atomic E-state index is 0.562. The molecule has 0 aliphatic rings. The van der Waals surface area contributed by atoms with Crippen LogP contribution in [0.2, 0.25) is 0 Å². The van der Waals surface area contributed by atoms with Gasteiger partial charge in [0.15, 0.2) is 5.58 Å². The SMILES string of the molecule is CCOc1cnccc1-c1nc2cc(C)ccc2o1. The van der Waals surface area contributed by atoms with Gasteiger partial charge in [-0.25, -0.2) is 4.98 Å². The summed E-state index contributed by atoms with van der Waals surface area (Å²) in [5.41, 5.74) is 3.62. The van der Waals surface area contributed by atoms with Crippen molar-refractivity contribution in [3.8, 4) is 17.2 Å². The molecule has 0 saturated carbocycles. The molecule has 0 radical (unpaired) electrons. The average Bonchev–Trinajstić information content (AvgIpc) is 2.82. The molecule has 0 aliphatic heterocycles. The number of hydrogen-bond donors (Lipinski definition) is 0. The first-order valence-corrected chi connectivity index (χ1v) is 6.22. The molecular weight excluding hydrogens is 240 g/mol. The number of hydrogen-bond acceptors (Lipinski definition) is 4. The number of benzene rings is 1. The fourth-order valence-corrected chi connectivity index (χ4v) is 1.98. The third kappa shape index (κ3) is 2.17. The van der Waals surface area contributed by atoms with Crippen LogP contribution >= 0.6 is 0 Å². The van der Waals surface area contributed by atoms with Gasteiger partial charge < -0.3 is 9.15 Å². The Morgan fingerprint density at radius 2 is 2.16 bits per heavy atom. The van der Waals surface area contributed by atoms with Gasteiger partial charge in [-0.05, 0) is 37.6 Å². The van der Waals surface area contributed by atoms with Crippen molar-refractivity contribution in [3.63, 3.8) is 0 Å². The fourth-order valence-electron chi connectivity index (χ4n) is 1.98. The van der Waals surface area contributed by atoms with Gasteiger partial charge in [0.1, 0.15) is 11.3 Å². The zero-order valence-corrected chi connectivity index (χ0v) is 10.9. The minimum absolute atomic E-state index is 0.562. The van der Waals surface area contributed by atoms with E-state index in [1.807, 2.05) is 38.1 Å². The summed E-state index contributed by atoms with van der Waals surface area (Å²) >= 11 is 0. The summed E-state index contributed by atoms with van der Waals surface area (Å²) in [7, 11) is 0. The molecule has 4 heteroatoms. The molecule has 19 heavy (non-hydrogen) atoms. The number of pyridine rings is 1. The highest BCUT2D eigenvalue weighted by Gasteiger charge is 2.13. The lowest BCUT2D eigenvalue weighted by Gasteiger charge is -2.05. The van der Waals surface area contributed by atoms with Crippen molar-refractivity contribution in [1.82, 2.24) is 9.97 Å². The van der Waals surface area contributed by atoms with Gasteiger partial charge >= 0.3 is 0 Å². The van der Waals surface area contributed by atoms with Gasteiger partial charge in [0.2, 0.25) is 5.89 Å². The van der Waals surface area contributed by atoms with E-state index in [9.17, 15) is 0 Å². The van der Waals surface area contributed by atoms with Crippen LogP contribution in [-0.4, -0.2) is 16.6 Å². The Bertz CT molecular complexity index is 719. The maximum Gasteiger partial charge on any atom is 0.231 e. The summed E-state index contributed by atoms with van der Waals surface area (Å²) in [6, 6.07) is 7.79. The first-order valence-electron chi connectivity index (χ1n) is 6.22. The molecule has 0 bridgehead atoms. The monoisotopic (exact) mass is 254 g/mol. The van der Waals surface area contributed by atoms with E-state index in [2.05, 4.69) is 9.97 Å². The molecule has 1 aromatic carbocycles. The predicted octanol–water partition coefficient (Wildman–Crippen LogP) is 3.60. The van der Waals surface area contributed by atoms with Crippen LogP contribution in [0.1, 0.15) is 12.5 Å². The summed E-state index contributed by atoms with van der Waals surface area (Å²) in [6.07, 6.45) is 3.39. The number of fused-ring (bicyclic) bond motifs is 1. The Hall–Kier alpha value is -2.36. The van der Waals surface area contributed by atoms with Crippen molar-refractivity contribution in [3.05, 3.63) is 42.2 Å². The minimum Gasteiger partial charge on any atom is -0.491 e. The second-order valence-electron chi connectivity index (χ2n) is 4.30. The Balaban J connectivity index is 2.13. The molecule has 96 valence electrons. The summed E-state index contributed by atoms with van der Waals surface area (Å²) in [6.45, 7) is 4.55. The number of rotatable bonds is 3. The predicted molar refractivity (Wildman–Crippen MR) is 73.1 cm³/mol. The quantitative estimate of drug-likeness (QED) is 0.716. The van der Waals surface area contributed by atoms with Gasteiger partial charge in [-0.15, -0.1) is 0 Å². The van der Waals surface area contributed by atoms with E-state index in [1.165, 1.54) is 0 Å². The smallest absolute Gasteiger partial charge is 0.231 e. The molecule has 4 nitrogen and oxygen atoms in total. The summed E-state index contributed by atoms with van der Waals surface area (Å²) in [5.74, 6) is 1.25. The molecule has 0 N–H and O–H groups in total. The molecular formula is C15H14N2O2. The third-order valence-corrected chi connectivity index (χ3v) is 2.86. The second-order valence-corrected chi connectivity index (χ2v) is 4.30. The lowest BCUT2D eigenvalue weighted by atomic mass is 10.2. The van der Waals surface area contributed by atoms with Crippen LogP contribution in [0.5, 0.6) is 5.75 Å². The fraction of sp³-hybridized carbons (Fsp3) is 0.200. The normalized spacial score (nSPS) is 10.8. The van der Waals surface area contributed by atoms with Crippen molar-refractivity contribution >= 4 is 11.1 Å². The highest BCUT2D eigenvalue weighted by molar-refractivity contribution is 5.77. The molecule has 0 atom stereocenters.